The van der Waals surface area contributed by atoms with Crippen LogP contribution in [-0.4, -0.2) is 6.61 Å². The molecule has 27 heavy (non-hydrogen) atoms. The highest BCUT2D eigenvalue weighted by molar-refractivity contribution is 6.35. The molecular formula is C22H21Cl2NO2. The van der Waals surface area contributed by atoms with Gasteiger partial charge in [0, 0.05) is 33.4 Å². The Hall–Kier alpha value is -2.36. The van der Waals surface area contributed by atoms with Crippen molar-refractivity contribution in [1.29, 1.82) is 0 Å². The summed E-state index contributed by atoms with van der Waals surface area (Å²) in [4.78, 5) is 0. The van der Waals surface area contributed by atoms with Crippen LogP contribution in [0.1, 0.15) is 18.1 Å². The van der Waals surface area contributed by atoms with Gasteiger partial charge in [0.05, 0.1) is 6.61 Å². The van der Waals surface area contributed by atoms with Crippen LogP contribution in [0.4, 0.5) is 5.69 Å². The van der Waals surface area contributed by atoms with Crippen molar-refractivity contribution in [3.63, 3.8) is 0 Å². The topological polar surface area (TPSA) is 30.5 Å². The van der Waals surface area contributed by atoms with Crippen molar-refractivity contribution in [3.05, 3.63) is 87.9 Å². The number of nitrogens with one attached hydrogen (secondary N) is 1. The third-order valence-electron chi connectivity index (χ3n) is 4.02. The molecule has 1 N–H and O–H groups in total. The highest BCUT2D eigenvalue weighted by Gasteiger charge is 2.06. The molecule has 0 amide bonds. The zero-order chi connectivity index (χ0) is 19.1. The van der Waals surface area contributed by atoms with Crippen LogP contribution < -0.4 is 14.8 Å². The summed E-state index contributed by atoms with van der Waals surface area (Å²) in [5.41, 5.74) is 2.99. The summed E-state index contributed by atoms with van der Waals surface area (Å²) in [7, 11) is 0. The molecule has 0 atom stereocenters. The van der Waals surface area contributed by atoms with Gasteiger partial charge < -0.3 is 14.8 Å². The lowest BCUT2D eigenvalue weighted by Crippen LogP contribution is -2.04. The Labute approximate surface area is 169 Å². The number of hydrogen-bond acceptors (Lipinski definition) is 3. The Morgan fingerprint density at radius 3 is 2.37 bits per heavy atom. The van der Waals surface area contributed by atoms with Crippen LogP contribution >= 0.6 is 23.2 Å². The van der Waals surface area contributed by atoms with Gasteiger partial charge in [-0.25, -0.2) is 0 Å². The quantitative estimate of drug-likeness (QED) is 0.462. The van der Waals surface area contributed by atoms with Crippen molar-refractivity contribution in [3.8, 4) is 11.5 Å². The van der Waals surface area contributed by atoms with E-state index in [-0.39, 0.29) is 0 Å². The van der Waals surface area contributed by atoms with Crippen LogP contribution in [0, 0.1) is 0 Å². The third kappa shape index (κ3) is 5.56. The van der Waals surface area contributed by atoms with E-state index in [1.165, 1.54) is 0 Å². The maximum atomic E-state index is 6.22. The van der Waals surface area contributed by atoms with Crippen molar-refractivity contribution in [1.82, 2.24) is 0 Å². The van der Waals surface area contributed by atoms with E-state index in [0.29, 0.717) is 29.8 Å². The van der Waals surface area contributed by atoms with Gasteiger partial charge in [-0.2, -0.15) is 0 Å². The lowest BCUT2D eigenvalue weighted by Gasteiger charge is -2.14. The number of halogens is 2. The molecule has 0 bridgehead atoms. The molecule has 0 fully saturated rings. The molecule has 3 nitrogen and oxygen atoms in total. The molecule has 0 saturated carbocycles. The van der Waals surface area contributed by atoms with Gasteiger partial charge in [-0.05, 0) is 49.4 Å². The second-order valence-corrected chi connectivity index (χ2v) is 6.79. The summed E-state index contributed by atoms with van der Waals surface area (Å²) in [5, 5.41) is 4.63. The zero-order valence-corrected chi connectivity index (χ0v) is 16.6. The van der Waals surface area contributed by atoms with Crippen LogP contribution in [-0.2, 0) is 13.2 Å². The smallest absolute Gasteiger partial charge is 0.124 e. The van der Waals surface area contributed by atoms with E-state index in [1.807, 2.05) is 67.6 Å². The SMILES string of the molecule is CCOc1ccc(NCc2ccccc2OCc2ccc(Cl)cc2Cl)cc1. The minimum Gasteiger partial charge on any atom is -0.494 e. The average molecular weight is 402 g/mol. The number of anilines is 1. The predicted molar refractivity (Wildman–Crippen MR) is 112 cm³/mol. The number of ether oxygens (including phenoxy) is 2. The summed E-state index contributed by atoms with van der Waals surface area (Å²) in [6, 6.07) is 21.3. The molecular weight excluding hydrogens is 381 g/mol. The fourth-order valence-electron chi connectivity index (χ4n) is 2.62. The van der Waals surface area contributed by atoms with E-state index in [9.17, 15) is 0 Å². The summed E-state index contributed by atoms with van der Waals surface area (Å²) in [6.45, 7) is 3.67. The molecule has 0 saturated heterocycles. The van der Waals surface area contributed by atoms with Gasteiger partial charge in [0.1, 0.15) is 18.1 Å². The number of hydrogen-bond donors (Lipinski definition) is 1. The van der Waals surface area contributed by atoms with Crippen LogP contribution in [0.15, 0.2) is 66.7 Å². The molecule has 0 aliphatic heterocycles. The van der Waals surface area contributed by atoms with Gasteiger partial charge in [-0.1, -0.05) is 47.5 Å². The van der Waals surface area contributed by atoms with Crippen molar-refractivity contribution in [2.75, 3.05) is 11.9 Å². The molecule has 140 valence electrons. The maximum absolute atomic E-state index is 6.22. The van der Waals surface area contributed by atoms with Crippen molar-refractivity contribution in [2.45, 2.75) is 20.1 Å². The number of benzene rings is 3. The second kappa shape index (κ2) is 9.54. The van der Waals surface area contributed by atoms with Crippen LogP contribution in [0.5, 0.6) is 11.5 Å². The lowest BCUT2D eigenvalue weighted by atomic mass is 10.2. The second-order valence-electron chi connectivity index (χ2n) is 5.94. The molecule has 0 radical (unpaired) electrons. The van der Waals surface area contributed by atoms with Crippen LogP contribution in [0.2, 0.25) is 10.0 Å². The van der Waals surface area contributed by atoms with E-state index in [4.69, 9.17) is 32.7 Å². The first-order chi connectivity index (χ1) is 13.2. The fourth-order valence-corrected chi connectivity index (χ4v) is 3.08. The van der Waals surface area contributed by atoms with Gasteiger partial charge in [-0.15, -0.1) is 0 Å². The summed E-state index contributed by atoms with van der Waals surface area (Å²) in [6.07, 6.45) is 0. The molecule has 0 aliphatic carbocycles. The van der Waals surface area contributed by atoms with Gasteiger partial charge in [0.25, 0.3) is 0 Å². The normalized spacial score (nSPS) is 10.5. The standard InChI is InChI=1S/C22H21Cl2NO2/c1-2-26-20-11-9-19(10-12-20)25-14-16-5-3-4-6-22(16)27-15-17-7-8-18(23)13-21(17)24/h3-13,25H,2,14-15H2,1H3. The number of para-hydroxylation sites is 1. The van der Waals surface area contributed by atoms with E-state index < -0.39 is 0 Å². The Bertz CT molecular complexity index is 882. The molecule has 0 unspecified atom stereocenters. The molecule has 0 aliphatic rings. The predicted octanol–water partition coefficient (Wildman–Crippen LogP) is 6.58. The minimum atomic E-state index is 0.385. The molecule has 5 heteroatoms. The molecule has 3 rings (SSSR count). The summed E-state index contributed by atoms with van der Waals surface area (Å²) >= 11 is 12.2. The maximum Gasteiger partial charge on any atom is 0.124 e. The van der Waals surface area contributed by atoms with Crippen LogP contribution in [0.25, 0.3) is 0 Å². The van der Waals surface area contributed by atoms with Gasteiger partial charge in [0.15, 0.2) is 0 Å². The van der Waals surface area contributed by atoms with E-state index in [1.54, 1.807) is 6.07 Å². The molecule has 3 aromatic rings. The third-order valence-corrected chi connectivity index (χ3v) is 4.61. The molecule has 0 aromatic heterocycles. The Morgan fingerprint density at radius 2 is 1.63 bits per heavy atom. The van der Waals surface area contributed by atoms with E-state index in [0.717, 1.165) is 28.3 Å². The van der Waals surface area contributed by atoms with Crippen molar-refractivity contribution in [2.24, 2.45) is 0 Å². The average Bonchev–Trinajstić information content (AvgIpc) is 2.68. The molecule has 3 aromatic carbocycles. The first-order valence-electron chi connectivity index (χ1n) is 8.77. The van der Waals surface area contributed by atoms with Crippen LogP contribution in [0.3, 0.4) is 0 Å². The van der Waals surface area contributed by atoms with Gasteiger partial charge in [-0.3, -0.25) is 0 Å². The highest BCUT2D eigenvalue weighted by atomic mass is 35.5. The fraction of sp³-hybridized carbons (Fsp3) is 0.182. The Balaban J connectivity index is 1.63. The van der Waals surface area contributed by atoms with Gasteiger partial charge in [0.2, 0.25) is 0 Å². The summed E-state index contributed by atoms with van der Waals surface area (Å²) < 4.78 is 11.5. The Kier molecular flexibility index (Phi) is 6.86. The van der Waals surface area contributed by atoms with Crippen molar-refractivity contribution < 1.29 is 9.47 Å². The van der Waals surface area contributed by atoms with E-state index >= 15 is 0 Å². The first-order valence-corrected chi connectivity index (χ1v) is 9.52. The number of rotatable bonds is 8. The lowest BCUT2D eigenvalue weighted by molar-refractivity contribution is 0.303. The van der Waals surface area contributed by atoms with Crippen molar-refractivity contribution >= 4 is 28.9 Å². The van der Waals surface area contributed by atoms with Gasteiger partial charge >= 0.3 is 0 Å². The van der Waals surface area contributed by atoms with E-state index in [2.05, 4.69) is 5.32 Å². The Morgan fingerprint density at radius 1 is 0.852 bits per heavy atom. The monoisotopic (exact) mass is 401 g/mol. The first kappa shape index (κ1) is 19.4. The summed E-state index contributed by atoms with van der Waals surface area (Å²) in [5.74, 6) is 1.69. The minimum absolute atomic E-state index is 0.385. The molecule has 0 spiro atoms. The largest absolute Gasteiger partial charge is 0.494 e. The molecule has 0 heterocycles. The highest BCUT2D eigenvalue weighted by Crippen LogP contribution is 2.25. The zero-order valence-electron chi connectivity index (χ0n) is 15.0.